The fourth-order valence-corrected chi connectivity index (χ4v) is 3.30. The van der Waals surface area contributed by atoms with E-state index < -0.39 is 0 Å². The Morgan fingerprint density at radius 3 is 2.66 bits per heavy atom. The molecule has 0 radical (unpaired) electrons. The van der Waals surface area contributed by atoms with E-state index in [-0.39, 0.29) is 35.2 Å². The lowest BCUT2D eigenvalue weighted by Crippen LogP contribution is -3.00. The first-order valence-electron chi connectivity index (χ1n) is 9.84. The molecule has 8 heteroatoms. The van der Waals surface area contributed by atoms with Crippen LogP contribution in [-0.2, 0) is 17.9 Å². The lowest BCUT2D eigenvalue weighted by Gasteiger charge is -2.07. The Morgan fingerprint density at radius 1 is 1.09 bits per heavy atom. The highest BCUT2D eigenvalue weighted by Crippen LogP contribution is 2.20. The second kappa shape index (κ2) is 10.5. The van der Waals surface area contributed by atoms with E-state index in [0.29, 0.717) is 29.8 Å². The number of ketones is 1. The van der Waals surface area contributed by atoms with E-state index in [9.17, 15) is 9.59 Å². The fourth-order valence-electron chi connectivity index (χ4n) is 3.30. The summed E-state index contributed by atoms with van der Waals surface area (Å²) in [6.45, 7) is 0.675. The Hall–Kier alpha value is -3.83. The molecule has 32 heavy (non-hydrogen) atoms. The lowest BCUT2D eigenvalue weighted by atomic mass is 10.1. The predicted molar refractivity (Wildman–Crippen MR) is 115 cm³/mol. The number of halogens is 1. The van der Waals surface area contributed by atoms with E-state index in [2.05, 4.69) is 10.3 Å². The van der Waals surface area contributed by atoms with Gasteiger partial charge in [-0.25, -0.2) is 9.13 Å². The number of amides is 1. The molecule has 1 amide bonds. The number of carbonyl (C=O) groups excluding carboxylic acids is 2. The van der Waals surface area contributed by atoms with Gasteiger partial charge < -0.3 is 22.3 Å². The summed E-state index contributed by atoms with van der Waals surface area (Å²) in [5, 5.41) is 12.7. The smallest absolute Gasteiger partial charge is 0.244 e. The third-order valence-electron chi connectivity index (χ3n) is 4.91. The van der Waals surface area contributed by atoms with Gasteiger partial charge in [-0.1, -0.05) is 18.2 Å². The average Bonchev–Trinajstić information content (AvgIpc) is 3.25. The van der Waals surface area contributed by atoms with Crippen LogP contribution in [0, 0.1) is 11.3 Å². The Morgan fingerprint density at radius 2 is 1.88 bits per heavy atom. The number of para-hydroxylation sites is 1. The number of aryl methyl sites for hydroxylation is 1. The van der Waals surface area contributed by atoms with Crippen LogP contribution in [0.4, 0.5) is 5.69 Å². The number of Topliss-reactive ketones (excluding diaryl/α,β-unsaturated/α-hetero) is 1. The molecule has 0 aliphatic rings. The molecule has 4 aromatic rings. The molecule has 0 unspecified atom stereocenters. The fraction of sp³-hybridized carbons (Fsp3) is 0.125. The summed E-state index contributed by atoms with van der Waals surface area (Å²) < 4.78 is 3.64. The Kier molecular flexibility index (Phi) is 7.47. The highest BCUT2D eigenvalue weighted by atomic mass is 79.9. The molecular formula is C24H20BrN5O2. The van der Waals surface area contributed by atoms with E-state index in [1.807, 2.05) is 47.2 Å². The number of carbonyl (C=O) groups is 2. The van der Waals surface area contributed by atoms with Gasteiger partial charge in [0.05, 0.1) is 35.8 Å². The number of hydrogen-bond donors (Lipinski definition) is 1. The van der Waals surface area contributed by atoms with Gasteiger partial charge in [0.25, 0.3) is 0 Å². The molecule has 0 saturated heterocycles. The van der Waals surface area contributed by atoms with E-state index in [1.54, 1.807) is 47.6 Å². The molecule has 7 nitrogen and oxygen atoms in total. The summed E-state index contributed by atoms with van der Waals surface area (Å²) in [6, 6.07) is 18.1. The molecule has 0 fully saturated rings. The van der Waals surface area contributed by atoms with E-state index >= 15 is 0 Å². The van der Waals surface area contributed by atoms with Crippen LogP contribution in [0.2, 0.25) is 0 Å². The van der Waals surface area contributed by atoms with Gasteiger partial charge in [0, 0.05) is 17.1 Å². The molecule has 160 valence electrons. The number of nitrogens with zero attached hydrogens (tertiary/aromatic N) is 4. The zero-order valence-electron chi connectivity index (χ0n) is 17.1. The van der Waals surface area contributed by atoms with Gasteiger partial charge in [-0.05, 0) is 36.4 Å². The van der Waals surface area contributed by atoms with Crippen LogP contribution in [0.3, 0.4) is 0 Å². The monoisotopic (exact) mass is 489 g/mol. The number of fused-ring (bicyclic) bond motifs is 1. The van der Waals surface area contributed by atoms with Crippen molar-refractivity contribution in [3.8, 4) is 6.07 Å². The zero-order chi connectivity index (χ0) is 21.6. The van der Waals surface area contributed by atoms with Crippen molar-refractivity contribution in [2.45, 2.75) is 19.5 Å². The van der Waals surface area contributed by atoms with Gasteiger partial charge in [0.1, 0.15) is 12.4 Å². The maximum atomic E-state index is 12.4. The molecule has 0 bridgehead atoms. The van der Waals surface area contributed by atoms with Crippen molar-refractivity contribution < 1.29 is 31.1 Å². The van der Waals surface area contributed by atoms with Gasteiger partial charge in [0.15, 0.2) is 6.54 Å². The first-order chi connectivity index (χ1) is 15.1. The maximum Gasteiger partial charge on any atom is 0.244 e. The van der Waals surface area contributed by atoms with Crippen molar-refractivity contribution in [2.75, 3.05) is 5.32 Å². The van der Waals surface area contributed by atoms with Gasteiger partial charge >= 0.3 is 0 Å². The second-order valence-corrected chi connectivity index (χ2v) is 7.11. The molecule has 0 saturated carbocycles. The van der Waals surface area contributed by atoms with Crippen LogP contribution in [0.15, 0.2) is 79.5 Å². The van der Waals surface area contributed by atoms with E-state index in [1.165, 1.54) is 0 Å². The van der Waals surface area contributed by atoms with E-state index in [0.717, 1.165) is 10.9 Å². The molecular weight excluding hydrogens is 470 g/mol. The summed E-state index contributed by atoms with van der Waals surface area (Å²) in [5.74, 6) is -0.152. The van der Waals surface area contributed by atoms with Crippen molar-refractivity contribution in [1.82, 2.24) is 9.55 Å². The van der Waals surface area contributed by atoms with Gasteiger partial charge in [-0.15, -0.1) is 0 Å². The molecule has 0 aliphatic carbocycles. The highest BCUT2D eigenvalue weighted by Gasteiger charge is 2.13. The molecule has 1 N–H and O–H groups in total. The Labute approximate surface area is 195 Å². The molecule has 0 atom stereocenters. The molecule has 0 aliphatic heterocycles. The van der Waals surface area contributed by atoms with Crippen LogP contribution in [0.25, 0.3) is 10.9 Å². The van der Waals surface area contributed by atoms with Crippen LogP contribution in [0.5, 0.6) is 0 Å². The molecule has 0 spiro atoms. The lowest BCUT2D eigenvalue weighted by molar-refractivity contribution is -0.682. The summed E-state index contributed by atoms with van der Waals surface area (Å²) in [4.78, 5) is 29.2. The van der Waals surface area contributed by atoms with Gasteiger partial charge in [-0.3, -0.25) is 14.6 Å². The minimum atomic E-state index is -0.105. The molecule has 2 aromatic heterocycles. The summed E-state index contributed by atoms with van der Waals surface area (Å²) in [5.41, 5.74) is 2.53. The topological polar surface area (TPSA) is 91.7 Å². The minimum Gasteiger partial charge on any atom is -1.00 e. The van der Waals surface area contributed by atoms with Crippen molar-refractivity contribution >= 4 is 28.3 Å². The predicted octanol–water partition coefficient (Wildman–Crippen LogP) is 0.111. The first-order valence-corrected chi connectivity index (χ1v) is 9.84. The maximum absolute atomic E-state index is 12.4. The van der Waals surface area contributed by atoms with Crippen LogP contribution >= 0.6 is 0 Å². The van der Waals surface area contributed by atoms with Gasteiger partial charge in [-0.2, -0.15) is 5.26 Å². The standard InChI is InChI=1S/C24H19N5O2.BrH/c25-15-18-6-8-19(9-7-18)22(30)16-29-14-13-28(17-29)12-10-23(31)27-21-5-1-3-20-4-2-11-26-24(20)21;/h1-9,11,13-14,17H,10,12,16H2;1H. The number of pyridine rings is 1. The summed E-state index contributed by atoms with van der Waals surface area (Å²) in [6.07, 6.45) is 7.43. The van der Waals surface area contributed by atoms with Crippen molar-refractivity contribution in [3.63, 3.8) is 0 Å². The normalized spacial score (nSPS) is 10.2. The molecule has 2 heterocycles. The second-order valence-electron chi connectivity index (χ2n) is 7.11. The summed E-state index contributed by atoms with van der Waals surface area (Å²) in [7, 11) is 0. The number of aromatic nitrogens is 3. The van der Waals surface area contributed by atoms with Crippen molar-refractivity contribution in [1.29, 1.82) is 5.26 Å². The zero-order valence-corrected chi connectivity index (χ0v) is 18.7. The summed E-state index contributed by atoms with van der Waals surface area (Å²) >= 11 is 0. The number of hydrogen-bond acceptors (Lipinski definition) is 4. The Balaban J connectivity index is 0.00000289. The largest absolute Gasteiger partial charge is 1.00 e. The van der Waals surface area contributed by atoms with E-state index in [4.69, 9.17) is 5.26 Å². The average molecular weight is 490 g/mol. The van der Waals surface area contributed by atoms with Crippen molar-refractivity contribution in [3.05, 3.63) is 90.6 Å². The van der Waals surface area contributed by atoms with Crippen LogP contribution < -0.4 is 26.9 Å². The number of benzene rings is 2. The minimum absolute atomic E-state index is 0. The number of rotatable bonds is 7. The number of nitrogens with one attached hydrogen (secondary N) is 1. The third-order valence-corrected chi connectivity index (χ3v) is 4.91. The molecule has 4 rings (SSSR count). The number of anilines is 1. The number of nitriles is 1. The third kappa shape index (κ3) is 5.45. The SMILES string of the molecule is N#Cc1ccc(C(=O)C[n+]2ccn(CCC(=O)Nc3cccc4cccnc34)c2)cc1.[Br-]. The Bertz CT molecular complexity index is 1290. The number of imidazole rings is 1. The highest BCUT2D eigenvalue weighted by molar-refractivity contribution is 6.00. The first kappa shape index (κ1) is 22.8. The quantitative estimate of drug-likeness (QED) is 0.294. The van der Waals surface area contributed by atoms with Crippen molar-refractivity contribution in [2.24, 2.45) is 0 Å². The van der Waals surface area contributed by atoms with Crippen LogP contribution in [-0.4, -0.2) is 21.2 Å². The van der Waals surface area contributed by atoms with Gasteiger partial charge in [0.2, 0.25) is 18.0 Å². The van der Waals surface area contributed by atoms with Crippen LogP contribution in [0.1, 0.15) is 22.3 Å². The molecule has 2 aromatic carbocycles.